The van der Waals surface area contributed by atoms with Gasteiger partial charge in [0.25, 0.3) is 5.91 Å². The van der Waals surface area contributed by atoms with E-state index in [4.69, 9.17) is 16.7 Å². The summed E-state index contributed by atoms with van der Waals surface area (Å²) in [5.41, 5.74) is 2.15. The SMILES string of the molecule is CCO.CNC(=O)c1cc(Cl)c(F)c2[nH]c3c(c12)CN(C=O)CC3. The first-order valence-electron chi connectivity index (χ1n) is 7.52. The van der Waals surface area contributed by atoms with E-state index in [1.54, 1.807) is 11.8 Å². The molecule has 2 aromatic rings. The number of aliphatic hydroxyl groups is 1. The molecule has 0 saturated heterocycles. The Morgan fingerprint density at radius 1 is 1.58 bits per heavy atom. The molecule has 0 spiro atoms. The molecule has 0 atom stereocenters. The van der Waals surface area contributed by atoms with Gasteiger partial charge in [-0.15, -0.1) is 0 Å². The number of carbonyl (C=O) groups is 2. The van der Waals surface area contributed by atoms with Crippen LogP contribution in [0.15, 0.2) is 6.07 Å². The van der Waals surface area contributed by atoms with Gasteiger partial charge in [0, 0.05) is 49.8 Å². The maximum Gasteiger partial charge on any atom is 0.251 e. The molecule has 8 heteroatoms. The molecule has 1 aliphatic heterocycles. The van der Waals surface area contributed by atoms with Gasteiger partial charge < -0.3 is 20.3 Å². The fraction of sp³-hybridized carbons (Fsp3) is 0.375. The lowest BCUT2D eigenvalue weighted by Gasteiger charge is -2.23. The molecule has 0 fully saturated rings. The van der Waals surface area contributed by atoms with Crippen LogP contribution in [0.1, 0.15) is 28.5 Å². The van der Waals surface area contributed by atoms with Crippen LogP contribution in [0, 0.1) is 5.82 Å². The van der Waals surface area contributed by atoms with Gasteiger partial charge in [-0.25, -0.2) is 4.39 Å². The molecular formula is C16H19ClFN3O3. The summed E-state index contributed by atoms with van der Waals surface area (Å²) >= 11 is 5.87. The highest BCUT2D eigenvalue weighted by Gasteiger charge is 2.26. The van der Waals surface area contributed by atoms with Crippen molar-refractivity contribution in [3.8, 4) is 0 Å². The molecule has 1 aromatic heterocycles. The number of fused-ring (bicyclic) bond motifs is 3. The van der Waals surface area contributed by atoms with Crippen LogP contribution in [0.4, 0.5) is 4.39 Å². The second-order valence-electron chi connectivity index (χ2n) is 5.27. The number of aromatic nitrogens is 1. The Morgan fingerprint density at radius 2 is 2.25 bits per heavy atom. The first-order valence-corrected chi connectivity index (χ1v) is 7.89. The average molecular weight is 356 g/mol. The molecular weight excluding hydrogens is 337 g/mol. The summed E-state index contributed by atoms with van der Waals surface area (Å²) < 4.78 is 14.2. The van der Waals surface area contributed by atoms with Gasteiger partial charge in [-0.05, 0) is 13.0 Å². The maximum atomic E-state index is 14.2. The van der Waals surface area contributed by atoms with Crippen molar-refractivity contribution in [2.45, 2.75) is 19.9 Å². The number of amides is 2. The van der Waals surface area contributed by atoms with Crippen LogP contribution < -0.4 is 5.32 Å². The topological polar surface area (TPSA) is 85.4 Å². The Hall–Kier alpha value is -2.12. The zero-order chi connectivity index (χ0) is 17.9. The number of carbonyl (C=O) groups excluding carboxylic acids is 2. The van der Waals surface area contributed by atoms with E-state index in [0.717, 1.165) is 17.7 Å². The molecule has 2 heterocycles. The van der Waals surface area contributed by atoms with Crippen molar-refractivity contribution in [2.24, 2.45) is 0 Å². The number of aromatic amines is 1. The predicted molar refractivity (Wildman–Crippen MR) is 89.6 cm³/mol. The van der Waals surface area contributed by atoms with E-state index in [1.165, 1.54) is 13.1 Å². The number of benzene rings is 1. The van der Waals surface area contributed by atoms with E-state index in [9.17, 15) is 14.0 Å². The molecule has 3 N–H and O–H groups in total. The molecule has 1 aromatic carbocycles. The molecule has 130 valence electrons. The van der Waals surface area contributed by atoms with Gasteiger partial charge in [0.15, 0.2) is 5.82 Å². The Kier molecular flexibility index (Phi) is 5.80. The first kappa shape index (κ1) is 18.2. The highest BCUT2D eigenvalue weighted by molar-refractivity contribution is 6.32. The number of hydrogen-bond donors (Lipinski definition) is 3. The van der Waals surface area contributed by atoms with Crippen molar-refractivity contribution < 1.29 is 19.1 Å². The van der Waals surface area contributed by atoms with Gasteiger partial charge in [0.2, 0.25) is 6.41 Å². The number of nitrogens with zero attached hydrogens (tertiary/aromatic N) is 1. The van der Waals surface area contributed by atoms with Crippen LogP contribution in [0.25, 0.3) is 10.9 Å². The lowest BCUT2D eigenvalue weighted by atomic mass is 10.0. The van der Waals surface area contributed by atoms with E-state index >= 15 is 0 Å². The standard InChI is InChI=1S/C14H13ClFN3O2.C2H6O/c1-17-14(21)7-4-9(15)12(16)13-11(7)8-5-19(6-20)3-2-10(8)18-13;1-2-3/h4,6,18H,2-3,5H2,1H3,(H,17,21);3H,2H2,1H3. The fourth-order valence-electron chi connectivity index (χ4n) is 2.76. The van der Waals surface area contributed by atoms with Gasteiger partial charge in [-0.3, -0.25) is 9.59 Å². The van der Waals surface area contributed by atoms with Crippen LogP contribution >= 0.6 is 11.6 Å². The van der Waals surface area contributed by atoms with Crippen LogP contribution in [-0.2, 0) is 17.8 Å². The lowest BCUT2D eigenvalue weighted by molar-refractivity contribution is -0.118. The Balaban J connectivity index is 0.000000647. The zero-order valence-corrected chi connectivity index (χ0v) is 14.2. The quantitative estimate of drug-likeness (QED) is 0.718. The van der Waals surface area contributed by atoms with E-state index in [1.807, 2.05) is 0 Å². The molecule has 0 radical (unpaired) electrons. The minimum atomic E-state index is -0.577. The highest BCUT2D eigenvalue weighted by atomic mass is 35.5. The summed E-state index contributed by atoms with van der Waals surface area (Å²) in [6.07, 6.45) is 1.35. The van der Waals surface area contributed by atoms with Crippen LogP contribution in [-0.4, -0.2) is 47.5 Å². The third kappa shape index (κ3) is 3.22. The molecule has 6 nitrogen and oxygen atoms in total. The maximum absolute atomic E-state index is 14.2. The molecule has 0 unspecified atom stereocenters. The summed E-state index contributed by atoms with van der Waals surface area (Å²) in [7, 11) is 1.50. The monoisotopic (exact) mass is 355 g/mol. The van der Waals surface area contributed by atoms with E-state index in [0.29, 0.717) is 30.5 Å². The molecule has 0 saturated carbocycles. The zero-order valence-electron chi connectivity index (χ0n) is 13.4. The average Bonchev–Trinajstić information content (AvgIpc) is 2.97. The van der Waals surface area contributed by atoms with E-state index in [2.05, 4.69) is 10.3 Å². The van der Waals surface area contributed by atoms with Gasteiger partial charge in [0.05, 0.1) is 16.1 Å². The Labute approximate surface area is 143 Å². The largest absolute Gasteiger partial charge is 0.397 e. The van der Waals surface area contributed by atoms with Crippen LogP contribution in [0.2, 0.25) is 5.02 Å². The van der Waals surface area contributed by atoms with Gasteiger partial charge in [-0.1, -0.05) is 11.6 Å². The summed E-state index contributed by atoms with van der Waals surface area (Å²) in [6, 6.07) is 1.33. The molecule has 0 bridgehead atoms. The number of nitrogens with one attached hydrogen (secondary N) is 2. The minimum Gasteiger partial charge on any atom is -0.397 e. The number of halogens is 2. The van der Waals surface area contributed by atoms with Crippen molar-refractivity contribution in [1.29, 1.82) is 0 Å². The summed E-state index contributed by atoms with van der Waals surface area (Å²) in [4.78, 5) is 27.6. The Morgan fingerprint density at radius 3 is 2.83 bits per heavy atom. The highest BCUT2D eigenvalue weighted by Crippen LogP contribution is 2.34. The number of hydrogen-bond acceptors (Lipinski definition) is 3. The first-order chi connectivity index (χ1) is 11.5. The van der Waals surface area contributed by atoms with E-state index < -0.39 is 5.82 Å². The number of aliphatic hydroxyl groups excluding tert-OH is 1. The third-order valence-corrected chi connectivity index (χ3v) is 4.07. The fourth-order valence-corrected chi connectivity index (χ4v) is 2.97. The number of rotatable bonds is 2. The van der Waals surface area contributed by atoms with E-state index in [-0.39, 0.29) is 23.1 Å². The summed E-state index contributed by atoms with van der Waals surface area (Å²) in [5, 5.41) is 10.5. The van der Waals surface area contributed by atoms with Crippen molar-refractivity contribution >= 4 is 34.8 Å². The molecule has 2 amide bonds. The number of H-pyrrole nitrogens is 1. The normalized spacial score (nSPS) is 13.1. The molecule has 1 aliphatic rings. The minimum absolute atomic E-state index is 0.105. The lowest BCUT2D eigenvalue weighted by Crippen LogP contribution is -2.29. The van der Waals surface area contributed by atoms with Crippen molar-refractivity contribution in [3.05, 3.63) is 33.7 Å². The van der Waals surface area contributed by atoms with Crippen LogP contribution in [0.5, 0.6) is 0 Å². The summed E-state index contributed by atoms with van der Waals surface area (Å²) in [5.74, 6) is -0.918. The molecule has 3 rings (SSSR count). The van der Waals surface area contributed by atoms with Crippen molar-refractivity contribution in [1.82, 2.24) is 15.2 Å². The van der Waals surface area contributed by atoms with Gasteiger partial charge in [-0.2, -0.15) is 0 Å². The third-order valence-electron chi connectivity index (χ3n) is 3.79. The van der Waals surface area contributed by atoms with Gasteiger partial charge in [0.1, 0.15) is 0 Å². The second kappa shape index (κ2) is 7.63. The smallest absolute Gasteiger partial charge is 0.251 e. The summed E-state index contributed by atoms with van der Waals surface area (Å²) in [6.45, 7) is 2.85. The second-order valence-corrected chi connectivity index (χ2v) is 5.68. The molecule has 24 heavy (non-hydrogen) atoms. The predicted octanol–water partition coefficient (Wildman–Crippen LogP) is 1.83. The van der Waals surface area contributed by atoms with Crippen LogP contribution in [0.3, 0.4) is 0 Å². The van der Waals surface area contributed by atoms with Gasteiger partial charge >= 0.3 is 0 Å². The van der Waals surface area contributed by atoms with Crippen molar-refractivity contribution in [3.63, 3.8) is 0 Å². The van der Waals surface area contributed by atoms with Crippen molar-refractivity contribution in [2.75, 3.05) is 20.2 Å². The molecule has 0 aliphatic carbocycles. The Bertz CT molecular complexity index is 776.